The fourth-order valence-electron chi connectivity index (χ4n) is 2.54. The SMILES string of the molecule is CN[C@H]1C[C@@H](Oc2ccc3cc(C(C)(C)C)oc3c2)C1. The molecule has 0 unspecified atom stereocenters. The maximum absolute atomic E-state index is 5.99. The van der Waals surface area contributed by atoms with E-state index in [9.17, 15) is 0 Å². The molecule has 3 nitrogen and oxygen atoms in total. The van der Waals surface area contributed by atoms with Crippen molar-refractivity contribution in [2.45, 2.75) is 51.2 Å². The second-order valence-corrected chi connectivity index (χ2v) is 6.76. The number of fused-ring (bicyclic) bond motifs is 1. The molecule has 0 amide bonds. The van der Waals surface area contributed by atoms with E-state index in [1.807, 2.05) is 19.2 Å². The highest BCUT2D eigenvalue weighted by atomic mass is 16.5. The summed E-state index contributed by atoms with van der Waals surface area (Å²) in [4.78, 5) is 0. The van der Waals surface area contributed by atoms with Gasteiger partial charge in [0.2, 0.25) is 0 Å². The first kappa shape index (κ1) is 13.5. The van der Waals surface area contributed by atoms with E-state index < -0.39 is 0 Å². The third-order valence-corrected chi connectivity index (χ3v) is 4.04. The molecule has 1 aliphatic rings. The lowest BCUT2D eigenvalue weighted by Gasteiger charge is -2.35. The molecular weight excluding hydrogens is 250 g/mol. The molecule has 0 radical (unpaired) electrons. The van der Waals surface area contributed by atoms with Crippen LogP contribution in [0.2, 0.25) is 0 Å². The fourth-order valence-corrected chi connectivity index (χ4v) is 2.54. The highest BCUT2D eigenvalue weighted by molar-refractivity contribution is 5.79. The van der Waals surface area contributed by atoms with Gasteiger partial charge in [-0.15, -0.1) is 0 Å². The standard InChI is InChI=1S/C17H23NO2/c1-17(2,3)16-7-11-5-6-13(10-15(11)20-16)19-14-8-12(9-14)18-4/h5-7,10,12,14,18H,8-9H2,1-4H3/t12-,14+. The van der Waals surface area contributed by atoms with Crippen LogP contribution in [0.15, 0.2) is 28.7 Å². The Morgan fingerprint density at radius 2 is 1.95 bits per heavy atom. The number of ether oxygens (including phenoxy) is 1. The van der Waals surface area contributed by atoms with Crippen molar-refractivity contribution in [1.29, 1.82) is 0 Å². The minimum atomic E-state index is 0.0357. The van der Waals surface area contributed by atoms with Gasteiger partial charge in [-0.2, -0.15) is 0 Å². The molecule has 108 valence electrons. The molecule has 20 heavy (non-hydrogen) atoms. The van der Waals surface area contributed by atoms with Crippen LogP contribution in [0.4, 0.5) is 0 Å². The van der Waals surface area contributed by atoms with Gasteiger partial charge in [-0.05, 0) is 38.1 Å². The predicted octanol–water partition coefficient (Wildman–Crippen LogP) is 3.86. The molecule has 0 bridgehead atoms. The Labute approximate surface area is 120 Å². The Morgan fingerprint density at radius 1 is 1.20 bits per heavy atom. The fraction of sp³-hybridized carbons (Fsp3) is 0.529. The third-order valence-electron chi connectivity index (χ3n) is 4.04. The van der Waals surface area contributed by atoms with E-state index in [4.69, 9.17) is 9.15 Å². The minimum absolute atomic E-state index is 0.0357. The van der Waals surface area contributed by atoms with Gasteiger partial charge >= 0.3 is 0 Å². The van der Waals surface area contributed by atoms with Crippen molar-refractivity contribution in [2.75, 3.05) is 7.05 Å². The summed E-state index contributed by atoms with van der Waals surface area (Å²) < 4.78 is 11.9. The topological polar surface area (TPSA) is 34.4 Å². The van der Waals surface area contributed by atoms with Crippen molar-refractivity contribution in [2.24, 2.45) is 0 Å². The van der Waals surface area contributed by atoms with Crippen LogP contribution < -0.4 is 10.1 Å². The molecule has 3 rings (SSSR count). The molecule has 1 heterocycles. The van der Waals surface area contributed by atoms with Crippen LogP contribution in [0.25, 0.3) is 11.0 Å². The van der Waals surface area contributed by atoms with Crippen molar-refractivity contribution < 1.29 is 9.15 Å². The molecule has 1 aliphatic carbocycles. The molecule has 2 aromatic rings. The summed E-state index contributed by atoms with van der Waals surface area (Å²) in [6.45, 7) is 6.48. The van der Waals surface area contributed by atoms with E-state index in [0.29, 0.717) is 12.1 Å². The summed E-state index contributed by atoms with van der Waals surface area (Å²) in [6, 6.07) is 8.87. The molecule has 0 atom stereocenters. The largest absolute Gasteiger partial charge is 0.490 e. The number of nitrogens with one attached hydrogen (secondary N) is 1. The zero-order valence-corrected chi connectivity index (χ0v) is 12.7. The van der Waals surface area contributed by atoms with Crippen molar-refractivity contribution in [3.63, 3.8) is 0 Å². The number of hydrogen-bond acceptors (Lipinski definition) is 3. The maximum Gasteiger partial charge on any atom is 0.137 e. The zero-order valence-electron chi connectivity index (χ0n) is 12.7. The molecule has 0 aliphatic heterocycles. The van der Waals surface area contributed by atoms with E-state index in [-0.39, 0.29) is 5.41 Å². The summed E-state index contributed by atoms with van der Waals surface area (Å²) in [5.41, 5.74) is 0.950. The lowest BCUT2D eigenvalue weighted by Crippen LogP contribution is -2.45. The second kappa shape index (κ2) is 4.81. The average molecular weight is 273 g/mol. The van der Waals surface area contributed by atoms with Gasteiger partial charge < -0.3 is 14.5 Å². The maximum atomic E-state index is 5.99. The van der Waals surface area contributed by atoms with Crippen LogP contribution >= 0.6 is 0 Å². The minimum Gasteiger partial charge on any atom is -0.490 e. The van der Waals surface area contributed by atoms with Crippen LogP contribution in [0, 0.1) is 0 Å². The third kappa shape index (κ3) is 2.55. The van der Waals surface area contributed by atoms with E-state index >= 15 is 0 Å². The molecule has 0 spiro atoms. The van der Waals surface area contributed by atoms with E-state index in [1.165, 1.54) is 0 Å². The molecule has 3 heteroatoms. The van der Waals surface area contributed by atoms with Gasteiger partial charge in [0, 0.05) is 22.9 Å². The Kier molecular flexibility index (Phi) is 3.25. The lowest BCUT2D eigenvalue weighted by molar-refractivity contribution is 0.0885. The Balaban J connectivity index is 1.77. The summed E-state index contributed by atoms with van der Waals surface area (Å²) in [5, 5.41) is 4.41. The van der Waals surface area contributed by atoms with Crippen LogP contribution in [0.5, 0.6) is 5.75 Å². The quantitative estimate of drug-likeness (QED) is 0.922. The van der Waals surface area contributed by atoms with Crippen LogP contribution in [0.3, 0.4) is 0 Å². The molecule has 1 aromatic carbocycles. The first-order valence-corrected chi connectivity index (χ1v) is 7.34. The summed E-state index contributed by atoms with van der Waals surface area (Å²) in [5.74, 6) is 1.93. The Hall–Kier alpha value is -1.48. The van der Waals surface area contributed by atoms with Crippen LogP contribution in [0.1, 0.15) is 39.4 Å². The first-order valence-electron chi connectivity index (χ1n) is 7.34. The van der Waals surface area contributed by atoms with Gasteiger partial charge in [-0.25, -0.2) is 0 Å². The van der Waals surface area contributed by atoms with Gasteiger partial charge in [0.25, 0.3) is 0 Å². The smallest absolute Gasteiger partial charge is 0.137 e. The molecular formula is C17H23NO2. The molecule has 1 fully saturated rings. The normalized spacial score (nSPS) is 22.8. The van der Waals surface area contributed by atoms with Crippen molar-refractivity contribution in [3.05, 3.63) is 30.0 Å². The van der Waals surface area contributed by atoms with E-state index in [0.717, 1.165) is 35.3 Å². The Morgan fingerprint density at radius 3 is 2.60 bits per heavy atom. The van der Waals surface area contributed by atoms with Crippen LogP contribution in [-0.2, 0) is 5.41 Å². The van der Waals surface area contributed by atoms with E-state index in [1.54, 1.807) is 0 Å². The van der Waals surface area contributed by atoms with Crippen molar-refractivity contribution in [1.82, 2.24) is 5.32 Å². The summed E-state index contributed by atoms with van der Waals surface area (Å²) in [6.07, 6.45) is 2.50. The van der Waals surface area contributed by atoms with Crippen molar-refractivity contribution in [3.8, 4) is 5.75 Å². The van der Waals surface area contributed by atoms with Gasteiger partial charge in [0.05, 0.1) is 0 Å². The molecule has 1 saturated carbocycles. The summed E-state index contributed by atoms with van der Waals surface area (Å²) in [7, 11) is 2.00. The van der Waals surface area contributed by atoms with Gasteiger partial charge in [-0.3, -0.25) is 0 Å². The monoisotopic (exact) mass is 273 g/mol. The lowest BCUT2D eigenvalue weighted by atomic mass is 9.89. The molecule has 0 saturated heterocycles. The zero-order chi connectivity index (χ0) is 14.3. The highest BCUT2D eigenvalue weighted by Gasteiger charge is 2.29. The first-order chi connectivity index (χ1) is 9.45. The highest BCUT2D eigenvalue weighted by Crippen LogP contribution is 2.32. The van der Waals surface area contributed by atoms with Gasteiger partial charge in [-0.1, -0.05) is 20.8 Å². The number of rotatable bonds is 3. The molecule has 1 aromatic heterocycles. The average Bonchev–Trinajstić information content (AvgIpc) is 2.76. The van der Waals surface area contributed by atoms with E-state index in [2.05, 4.69) is 38.2 Å². The van der Waals surface area contributed by atoms with Crippen LogP contribution in [-0.4, -0.2) is 19.2 Å². The number of benzene rings is 1. The molecule has 1 N–H and O–H groups in total. The van der Waals surface area contributed by atoms with Gasteiger partial charge in [0.1, 0.15) is 23.2 Å². The second-order valence-electron chi connectivity index (χ2n) is 6.76. The van der Waals surface area contributed by atoms with Gasteiger partial charge in [0.15, 0.2) is 0 Å². The Bertz CT molecular complexity index is 603. The number of furan rings is 1. The van der Waals surface area contributed by atoms with Crippen molar-refractivity contribution >= 4 is 11.0 Å². The summed E-state index contributed by atoms with van der Waals surface area (Å²) >= 11 is 0. The predicted molar refractivity (Wildman–Crippen MR) is 81.4 cm³/mol. The number of hydrogen-bond donors (Lipinski definition) is 1.